The van der Waals surface area contributed by atoms with Gasteiger partial charge in [0.25, 0.3) is 0 Å². The Balaban J connectivity index is 1.99. The van der Waals surface area contributed by atoms with Crippen molar-refractivity contribution in [2.45, 2.75) is 45.1 Å². The van der Waals surface area contributed by atoms with Crippen LogP contribution in [0.4, 0.5) is 5.95 Å². The summed E-state index contributed by atoms with van der Waals surface area (Å²) in [7, 11) is 1.67. The summed E-state index contributed by atoms with van der Waals surface area (Å²) in [4.78, 5) is 4.50. The summed E-state index contributed by atoms with van der Waals surface area (Å²) in [5.41, 5.74) is 8.20. The van der Waals surface area contributed by atoms with Gasteiger partial charge in [-0.2, -0.15) is 0 Å². The first-order chi connectivity index (χ1) is 9.70. The lowest BCUT2D eigenvalue weighted by atomic mass is 9.84. The number of nitrogen functional groups attached to an aromatic ring is 1. The number of aromatic nitrogens is 2. The highest BCUT2D eigenvalue weighted by Gasteiger charge is 2.24. The third-order valence-corrected chi connectivity index (χ3v) is 4.66. The standard InChI is InChI=1S/C16H23N3O/c1-11(12-6-4-3-5-7-12)19-15-9-8-13(20-2)10-14(15)18-16(19)17/h8-12H,3-7H2,1-2H3,(H2,17,18). The van der Waals surface area contributed by atoms with Crippen molar-refractivity contribution in [3.63, 3.8) is 0 Å². The molecule has 108 valence electrons. The number of hydrogen-bond donors (Lipinski definition) is 1. The lowest BCUT2D eigenvalue weighted by molar-refractivity contribution is 0.269. The maximum Gasteiger partial charge on any atom is 0.201 e. The minimum absolute atomic E-state index is 0.411. The van der Waals surface area contributed by atoms with Gasteiger partial charge in [0.15, 0.2) is 0 Å². The maximum atomic E-state index is 6.16. The average Bonchev–Trinajstić information content (AvgIpc) is 2.82. The zero-order valence-electron chi connectivity index (χ0n) is 12.3. The van der Waals surface area contributed by atoms with Gasteiger partial charge < -0.3 is 15.0 Å². The number of imidazole rings is 1. The smallest absolute Gasteiger partial charge is 0.201 e. The minimum atomic E-state index is 0.411. The molecule has 1 heterocycles. The van der Waals surface area contributed by atoms with Crippen LogP contribution in [0, 0.1) is 5.92 Å². The van der Waals surface area contributed by atoms with E-state index in [1.54, 1.807) is 7.11 Å². The number of nitrogens with zero attached hydrogens (tertiary/aromatic N) is 2. The summed E-state index contributed by atoms with van der Waals surface area (Å²) >= 11 is 0. The summed E-state index contributed by atoms with van der Waals surface area (Å²) in [5, 5.41) is 0. The Morgan fingerprint density at radius 2 is 2.05 bits per heavy atom. The Hall–Kier alpha value is -1.71. The van der Waals surface area contributed by atoms with Crippen LogP contribution in [0.1, 0.15) is 45.1 Å². The quantitative estimate of drug-likeness (QED) is 0.926. The van der Waals surface area contributed by atoms with Crippen LogP contribution in [0.2, 0.25) is 0 Å². The molecular weight excluding hydrogens is 250 g/mol. The van der Waals surface area contributed by atoms with Gasteiger partial charge in [-0.15, -0.1) is 0 Å². The molecule has 2 N–H and O–H groups in total. The predicted molar refractivity (Wildman–Crippen MR) is 82.0 cm³/mol. The molecule has 1 saturated carbocycles. The van der Waals surface area contributed by atoms with Crippen LogP contribution >= 0.6 is 0 Å². The van der Waals surface area contributed by atoms with E-state index in [4.69, 9.17) is 10.5 Å². The fraction of sp³-hybridized carbons (Fsp3) is 0.562. The van der Waals surface area contributed by atoms with E-state index in [0.29, 0.717) is 17.9 Å². The number of fused-ring (bicyclic) bond motifs is 1. The second kappa shape index (κ2) is 5.35. The fourth-order valence-corrected chi connectivity index (χ4v) is 3.48. The van der Waals surface area contributed by atoms with Crippen molar-refractivity contribution in [1.29, 1.82) is 0 Å². The zero-order chi connectivity index (χ0) is 14.1. The lowest BCUT2D eigenvalue weighted by Gasteiger charge is -2.29. The van der Waals surface area contributed by atoms with E-state index >= 15 is 0 Å². The molecule has 1 aromatic heterocycles. The van der Waals surface area contributed by atoms with Gasteiger partial charge in [0.1, 0.15) is 5.75 Å². The highest BCUT2D eigenvalue weighted by atomic mass is 16.5. The summed E-state index contributed by atoms with van der Waals surface area (Å²) in [6.07, 6.45) is 6.66. The van der Waals surface area contributed by atoms with Gasteiger partial charge in [0.2, 0.25) is 5.95 Å². The number of nitrogens with two attached hydrogens (primary N) is 1. The first-order valence-corrected chi connectivity index (χ1v) is 7.52. The third-order valence-electron chi connectivity index (χ3n) is 4.66. The van der Waals surface area contributed by atoms with Gasteiger partial charge in [-0.1, -0.05) is 19.3 Å². The van der Waals surface area contributed by atoms with Gasteiger partial charge in [0.05, 0.1) is 18.1 Å². The van der Waals surface area contributed by atoms with Crippen molar-refractivity contribution < 1.29 is 4.74 Å². The molecule has 0 amide bonds. The molecule has 0 bridgehead atoms. The molecule has 3 rings (SSSR count). The van der Waals surface area contributed by atoms with Crippen LogP contribution in [0.3, 0.4) is 0 Å². The Morgan fingerprint density at radius 1 is 1.30 bits per heavy atom. The predicted octanol–water partition coefficient (Wildman–Crippen LogP) is 3.77. The zero-order valence-corrected chi connectivity index (χ0v) is 12.3. The van der Waals surface area contributed by atoms with Crippen LogP contribution in [0.5, 0.6) is 5.75 Å². The highest BCUT2D eigenvalue weighted by molar-refractivity contribution is 5.80. The molecule has 1 atom stereocenters. The largest absolute Gasteiger partial charge is 0.497 e. The molecule has 1 aliphatic rings. The summed E-state index contributed by atoms with van der Waals surface area (Å²) in [6, 6.07) is 6.41. The van der Waals surface area contributed by atoms with Crippen LogP contribution in [0.25, 0.3) is 11.0 Å². The molecule has 0 radical (unpaired) electrons. The second-order valence-corrected chi connectivity index (χ2v) is 5.83. The first kappa shape index (κ1) is 13.3. The van der Waals surface area contributed by atoms with Gasteiger partial charge >= 0.3 is 0 Å². The molecule has 20 heavy (non-hydrogen) atoms. The number of anilines is 1. The molecular formula is C16H23N3O. The molecule has 4 nitrogen and oxygen atoms in total. The minimum Gasteiger partial charge on any atom is -0.497 e. The Morgan fingerprint density at radius 3 is 2.75 bits per heavy atom. The van der Waals surface area contributed by atoms with E-state index in [1.807, 2.05) is 12.1 Å². The monoisotopic (exact) mass is 273 g/mol. The Kier molecular flexibility index (Phi) is 3.55. The van der Waals surface area contributed by atoms with Gasteiger partial charge in [-0.3, -0.25) is 0 Å². The summed E-state index contributed by atoms with van der Waals surface area (Å²) in [6.45, 7) is 2.28. The van der Waals surface area contributed by atoms with E-state index in [2.05, 4.69) is 22.5 Å². The van der Waals surface area contributed by atoms with E-state index < -0.39 is 0 Å². The Bertz CT molecular complexity index is 599. The summed E-state index contributed by atoms with van der Waals surface area (Å²) in [5.74, 6) is 2.16. The van der Waals surface area contributed by atoms with Crippen LogP contribution < -0.4 is 10.5 Å². The van der Waals surface area contributed by atoms with Crippen molar-refractivity contribution in [3.05, 3.63) is 18.2 Å². The molecule has 4 heteroatoms. The van der Waals surface area contributed by atoms with E-state index in [1.165, 1.54) is 32.1 Å². The maximum absolute atomic E-state index is 6.16. The molecule has 1 fully saturated rings. The van der Waals surface area contributed by atoms with Crippen molar-refractivity contribution in [1.82, 2.24) is 9.55 Å². The molecule has 1 unspecified atom stereocenters. The molecule has 1 aliphatic carbocycles. The van der Waals surface area contributed by atoms with Crippen molar-refractivity contribution in [2.75, 3.05) is 12.8 Å². The number of rotatable bonds is 3. The first-order valence-electron chi connectivity index (χ1n) is 7.52. The molecule has 2 aromatic rings. The lowest BCUT2D eigenvalue weighted by Crippen LogP contribution is -2.20. The van der Waals surface area contributed by atoms with Crippen LogP contribution in [0.15, 0.2) is 18.2 Å². The van der Waals surface area contributed by atoms with E-state index in [9.17, 15) is 0 Å². The third kappa shape index (κ3) is 2.23. The second-order valence-electron chi connectivity index (χ2n) is 5.83. The van der Waals surface area contributed by atoms with E-state index in [0.717, 1.165) is 16.8 Å². The number of ether oxygens (including phenoxy) is 1. The Labute approximate surface area is 119 Å². The highest BCUT2D eigenvalue weighted by Crippen LogP contribution is 2.36. The van der Waals surface area contributed by atoms with Gasteiger partial charge in [-0.25, -0.2) is 4.98 Å². The van der Waals surface area contributed by atoms with Gasteiger partial charge in [0, 0.05) is 12.1 Å². The normalized spacial score (nSPS) is 18.3. The number of methoxy groups -OCH3 is 1. The van der Waals surface area contributed by atoms with Gasteiger partial charge in [-0.05, 0) is 37.8 Å². The molecule has 1 aromatic carbocycles. The molecule has 0 aliphatic heterocycles. The topological polar surface area (TPSA) is 53.1 Å². The van der Waals surface area contributed by atoms with Crippen molar-refractivity contribution in [2.24, 2.45) is 5.92 Å². The fourth-order valence-electron chi connectivity index (χ4n) is 3.48. The number of hydrogen-bond acceptors (Lipinski definition) is 3. The average molecular weight is 273 g/mol. The van der Waals surface area contributed by atoms with Crippen molar-refractivity contribution in [3.8, 4) is 5.75 Å². The van der Waals surface area contributed by atoms with Crippen molar-refractivity contribution >= 4 is 17.0 Å². The SMILES string of the molecule is COc1ccc2c(c1)nc(N)n2C(C)C1CCCCC1. The van der Waals surface area contributed by atoms with E-state index in [-0.39, 0.29) is 0 Å². The summed E-state index contributed by atoms with van der Waals surface area (Å²) < 4.78 is 7.46. The molecule has 0 spiro atoms. The number of benzene rings is 1. The van der Waals surface area contributed by atoms with Crippen LogP contribution in [-0.4, -0.2) is 16.7 Å². The van der Waals surface area contributed by atoms with Crippen LogP contribution in [-0.2, 0) is 0 Å². The molecule has 0 saturated heterocycles.